The summed E-state index contributed by atoms with van der Waals surface area (Å²) in [6.07, 6.45) is 2.07. The highest BCUT2D eigenvalue weighted by Crippen LogP contribution is 2.24. The number of hydroxylamine groups is 1. The zero-order valence-corrected chi connectivity index (χ0v) is 22.9. The number of urea groups is 1. The molecule has 0 saturated carbocycles. The molecular weight excluding hydrogens is 506 g/mol. The van der Waals surface area contributed by atoms with Crippen molar-refractivity contribution in [2.24, 2.45) is 23.7 Å². The monoisotopic (exact) mass is 545 g/mol. The molecule has 0 aromatic heterocycles. The van der Waals surface area contributed by atoms with E-state index >= 15 is 0 Å². The maximum atomic E-state index is 13.6. The molecule has 0 radical (unpaired) electrons. The first-order valence-electron chi connectivity index (χ1n) is 13.4. The Kier molecular flexibility index (Phi) is 10.8. The standard InChI is InChI=1S/C27H39N5O7/c1-16(2)14-19(24(34)30-32-22(17(3)4)26(36)29-27(32)37)20(15-28-23(33)18-10-6-5-7-11-18)25(35)31-39-21-12-8-9-13-38-21/h5-7,10-11,16-17,19-22H,8-9,12-15H2,1-4H3,(H,28,33)(H,30,34)(H,31,35)(H,29,36,37)/t19-,20+,21?,22+/m1/s1. The molecule has 0 spiro atoms. The number of ether oxygens (including phenoxy) is 1. The first kappa shape index (κ1) is 30.0. The van der Waals surface area contributed by atoms with Gasteiger partial charge < -0.3 is 10.1 Å². The number of imide groups is 1. The van der Waals surface area contributed by atoms with E-state index in [1.54, 1.807) is 44.2 Å². The van der Waals surface area contributed by atoms with E-state index < -0.39 is 53.8 Å². The number of rotatable bonds is 12. The summed E-state index contributed by atoms with van der Waals surface area (Å²) in [6, 6.07) is 6.87. The Hall–Kier alpha value is -3.51. The maximum absolute atomic E-state index is 13.6. The lowest BCUT2D eigenvalue weighted by Crippen LogP contribution is -2.55. The lowest BCUT2D eigenvalue weighted by Gasteiger charge is -2.31. The molecule has 6 amide bonds. The van der Waals surface area contributed by atoms with Gasteiger partial charge in [0, 0.05) is 25.1 Å². The van der Waals surface area contributed by atoms with Crippen molar-refractivity contribution in [1.29, 1.82) is 0 Å². The Morgan fingerprint density at radius 3 is 2.38 bits per heavy atom. The van der Waals surface area contributed by atoms with Crippen molar-refractivity contribution >= 4 is 29.7 Å². The number of hydrogen-bond donors (Lipinski definition) is 4. The van der Waals surface area contributed by atoms with Crippen LogP contribution in [-0.4, -0.2) is 60.2 Å². The summed E-state index contributed by atoms with van der Waals surface area (Å²) in [5.74, 6) is -4.45. The van der Waals surface area contributed by atoms with Crippen LogP contribution in [0.5, 0.6) is 0 Å². The number of nitrogens with one attached hydrogen (secondary N) is 4. The smallest absolute Gasteiger partial charge is 0.343 e. The van der Waals surface area contributed by atoms with E-state index in [1.807, 2.05) is 13.8 Å². The van der Waals surface area contributed by atoms with Gasteiger partial charge in [-0.1, -0.05) is 45.9 Å². The van der Waals surface area contributed by atoms with E-state index in [0.717, 1.165) is 17.9 Å². The van der Waals surface area contributed by atoms with E-state index in [1.165, 1.54) is 0 Å². The largest absolute Gasteiger partial charge is 0.351 e. The topological polar surface area (TPSA) is 155 Å². The zero-order chi connectivity index (χ0) is 28.5. The second-order valence-corrected chi connectivity index (χ2v) is 10.6. The van der Waals surface area contributed by atoms with Gasteiger partial charge in [0.25, 0.3) is 11.8 Å². The van der Waals surface area contributed by atoms with Crippen LogP contribution in [0.1, 0.15) is 63.7 Å². The van der Waals surface area contributed by atoms with Gasteiger partial charge in [-0.25, -0.2) is 20.1 Å². The van der Waals surface area contributed by atoms with Crippen molar-refractivity contribution in [3.05, 3.63) is 35.9 Å². The molecule has 0 bridgehead atoms. The molecule has 4 N–H and O–H groups in total. The van der Waals surface area contributed by atoms with E-state index in [-0.39, 0.29) is 24.8 Å². The molecule has 12 nitrogen and oxygen atoms in total. The molecular formula is C27H39N5O7. The van der Waals surface area contributed by atoms with Crippen LogP contribution in [0.25, 0.3) is 0 Å². The Balaban J connectivity index is 1.81. The molecule has 1 unspecified atom stereocenters. The fraction of sp³-hybridized carbons (Fsp3) is 0.593. The predicted octanol–water partition coefficient (Wildman–Crippen LogP) is 1.88. The van der Waals surface area contributed by atoms with Gasteiger partial charge in [-0.05, 0) is 43.2 Å². The van der Waals surface area contributed by atoms with E-state index in [4.69, 9.17) is 9.57 Å². The molecule has 12 heteroatoms. The normalized spacial score (nSPS) is 20.9. The Morgan fingerprint density at radius 1 is 1.05 bits per heavy atom. The van der Waals surface area contributed by atoms with Gasteiger partial charge in [0.05, 0.1) is 11.8 Å². The van der Waals surface area contributed by atoms with E-state index in [0.29, 0.717) is 18.6 Å². The van der Waals surface area contributed by atoms with Gasteiger partial charge in [0.1, 0.15) is 6.04 Å². The molecule has 0 aliphatic carbocycles. The third kappa shape index (κ3) is 8.24. The minimum Gasteiger partial charge on any atom is -0.351 e. The minimum absolute atomic E-state index is 0.0154. The summed E-state index contributed by atoms with van der Waals surface area (Å²) in [5.41, 5.74) is 5.38. The van der Waals surface area contributed by atoms with Gasteiger partial charge in [0.2, 0.25) is 11.8 Å². The summed E-state index contributed by atoms with van der Waals surface area (Å²) in [5, 5.41) is 5.94. The molecule has 2 aliphatic rings. The average molecular weight is 546 g/mol. The molecule has 1 aromatic rings. The van der Waals surface area contributed by atoms with Gasteiger partial charge >= 0.3 is 6.03 Å². The van der Waals surface area contributed by atoms with Crippen molar-refractivity contribution in [1.82, 2.24) is 26.5 Å². The molecule has 39 heavy (non-hydrogen) atoms. The van der Waals surface area contributed by atoms with Crippen molar-refractivity contribution < 1.29 is 33.5 Å². The van der Waals surface area contributed by atoms with Gasteiger partial charge in [-0.3, -0.25) is 29.9 Å². The SMILES string of the molecule is CC(C)C[C@@H](C(=O)NN1C(=O)NC(=O)[C@@H]1C(C)C)[C@H](CNC(=O)c1ccccc1)C(=O)NOC1CCCCO1. The van der Waals surface area contributed by atoms with E-state index in [9.17, 15) is 24.0 Å². The van der Waals surface area contributed by atoms with Crippen molar-refractivity contribution in [2.45, 2.75) is 65.7 Å². The number of nitrogens with zero attached hydrogens (tertiary/aromatic N) is 1. The average Bonchev–Trinajstić information content (AvgIpc) is 3.19. The Bertz CT molecular complexity index is 1030. The first-order chi connectivity index (χ1) is 18.6. The number of hydrazine groups is 1. The number of hydrogen-bond acceptors (Lipinski definition) is 7. The fourth-order valence-electron chi connectivity index (χ4n) is 4.68. The molecule has 1 aromatic carbocycles. The minimum atomic E-state index is -1.05. The molecule has 2 saturated heterocycles. The number of carbonyl (C=O) groups is 5. The fourth-order valence-corrected chi connectivity index (χ4v) is 4.68. The van der Waals surface area contributed by atoms with Gasteiger partial charge in [0.15, 0.2) is 6.29 Å². The van der Waals surface area contributed by atoms with Crippen LogP contribution in [-0.2, 0) is 24.0 Å². The Morgan fingerprint density at radius 2 is 1.77 bits per heavy atom. The quantitative estimate of drug-likeness (QED) is 0.231. The third-order valence-electron chi connectivity index (χ3n) is 6.69. The predicted molar refractivity (Wildman–Crippen MR) is 140 cm³/mol. The summed E-state index contributed by atoms with van der Waals surface area (Å²) < 4.78 is 5.51. The van der Waals surface area contributed by atoms with Crippen LogP contribution in [0.2, 0.25) is 0 Å². The molecule has 2 aliphatic heterocycles. The van der Waals surface area contributed by atoms with Crippen molar-refractivity contribution in [3.63, 3.8) is 0 Å². The van der Waals surface area contributed by atoms with E-state index in [2.05, 4.69) is 21.5 Å². The molecule has 4 atom stereocenters. The molecule has 2 fully saturated rings. The van der Waals surface area contributed by atoms with Crippen molar-refractivity contribution in [2.75, 3.05) is 13.2 Å². The lowest BCUT2D eigenvalue weighted by molar-refractivity contribution is -0.203. The van der Waals surface area contributed by atoms with Crippen LogP contribution in [0.15, 0.2) is 30.3 Å². The zero-order valence-electron chi connectivity index (χ0n) is 22.9. The van der Waals surface area contributed by atoms with Crippen LogP contribution < -0.4 is 21.5 Å². The summed E-state index contributed by atoms with van der Waals surface area (Å²) in [7, 11) is 0. The van der Waals surface area contributed by atoms with Crippen molar-refractivity contribution in [3.8, 4) is 0 Å². The lowest BCUT2D eigenvalue weighted by atomic mass is 9.84. The highest BCUT2D eigenvalue weighted by atomic mass is 16.8. The van der Waals surface area contributed by atoms with Crippen LogP contribution in [0.3, 0.4) is 0 Å². The summed E-state index contributed by atoms with van der Waals surface area (Å²) in [6.45, 7) is 7.66. The third-order valence-corrected chi connectivity index (χ3v) is 6.69. The highest BCUT2D eigenvalue weighted by molar-refractivity contribution is 6.05. The Labute approximate surface area is 228 Å². The maximum Gasteiger partial charge on any atom is 0.343 e. The molecule has 2 heterocycles. The van der Waals surface area contributed by atoms with Gasteiger partial charge in [-0.2, -0.15) is 0 Å². The second-order valence-electron chi connectivity index (χ2n) is 10.6. The second kappa shape index (κ2) is 14.0. The molecule has 3 rings (SSSR count). The highest BCUT2D eigenvalue weighted by Gasteiger charge is 2.44. The first-order valence-corrected chi connectivity index (χ1v) is 13.4. The number of benzene rings is 1. The molecule has 214 valence electrons. The summed E-state index contributed by atoms with van der Waals surface area (Å²) in [4.78, 5) is 70.0. The van der Waals surface area contributed by atoms with Crippen LogP contribution >= 0.6 is 0 Å². The summed E-state index contributed by atoms with van der Waals surface area (Å²) >= 11 is 0. The van der Waals surface area contributed by atoms with Crippen LogP contribution in [0, 0.1) is 23.7 Å². The number of carbonyl (C=O) groups excluding carboxylic acids is 5. The van der Waals surface area contributed by atoms with Gasteiger partial charge in [-0.15, -0.1) is 0 Å². The number of amides is 6. The van der Waals surface area contributed by atoms with Crippen LogP contribution in [0.4, 0.5) is 4.79 Å².